The SMILES string of the molecule is CCCN1c2cc(Cl)c(/C=C3/SC(=Nc4ccccc4)N(CCCOC)C3=O)cc2C(C)CC1(C)C. The normalized spacial score (nSPS) is 21.5. The van der Waals surface area contributed by atoms with Crippen LogP contribution >= 0.6 is 23.4 Å². The molecule has 5 nitrogen and oxygen atoms in total. The predicted molar refractivity (Wildman–Crippen MR) is 154 cm³/mol. The van der Waals surface area contributed by atoms with Gasteiger partial charge in [0.2, 0.25) is 0 Å². The number of thioether (sulfide) groups is 1. The van der Waals surface area contributed by atoms with Gasteiger partial charge in [-0.25, -0.2) is 4.99 Å². The smallest absolute Gasteiger partial charge is 0.266 e. The van der Waals surface area contributed by atoms with Crippen LogP contribution in [0.1, 0.15) is 64.0 Å². The Labute approximate surface area is 224 Å². The van der Waals surface area contributed by atoms with E-state index in [-0.39, 0.29) is 11.4 Å². The number of methoxy groups -OCH3 is 1. The maximum absolute atomic E-state index is 13.5. The lowest BCUT2D eigenvalue weighted by molar-refractivity contribution is -0.122. The Bertz CT molecular complexity index is 1160. The number of carbonyl (C=O) groups excluding carboxylic acids is 1. The van der Waals surface area contributed by atoms with E-state index in [0.717, 1.165) is 37.1 Å². The molecule has 4 rings (SSSR count). The third-order valence-electron chi connectivity index (χ3n) is 6.84. The van der Waals surface area contributed by atoms with Crippen molar-refractivity contribution in [1.29, 1.82) is 0 Å². The third kappa shape index (κ3) is 5.66. The fraction of sp³-hybridized carbons (Fsp3) is 0.448. The minimum atomic E-state index is -0.0404. The molecule has 1 atom stereocenters. The van der Waals surface area contributed by atoms with Crippen LogP contribution in [0.15, 0.2) is 52.4 Å². The molecule has 1 saturated heterocycles. The molecule has 0 N–H and O–H groups in total. The second-order valence-electron chi connectivity index (χ2n) is 10.1. The van der Waals surface area contributed by atoms with Crippen LogP contribution in [-0.2, 0) is 9.53 Å². The molecule has 2 aliphatic heterocycles. The molecule has 2 aromatic carbocycles. The maximum Gasteiger partial charge on any atom is 0.266 e. The van der Waals surface area contributed by atoms with Gasteiger partial charge in [0.05, 0.1) is 10.6 Å². The zero-order valence-electron chi connectivity index (χ0n) is 21.9. The third-order valence-corrected chi connectivity index (χ3v) is 8.17. The molecule has 7 heteroatoms. The van der Waals surface area contributed by atoms with Gasteiger partial charge in [-0.05, 0) is 92.3 Å². The molecule has 1 unspecified atom stereocenters. The molecule has 0 saturated carbocycles. The van der Waals surface area contributed by atoms with Crippen LogP contribution in [0.4, 0.5) is 11.4 Å². The Morgan fingerprint density at radius 3 is 2.67 bits per heavy atom. The molecule has 2 aliphatic rings. The first-order chi connectivity index (χ1) is 17.2. The summed E-state index contributed by atoms with van der Waals surface area (Å²) in [6.45, 7) is 11.3. The molecule has 0 aliphatic carbocycles. The van der Waals surface area contributed by atoms with Crippen LogP contribution in [0.3, 0.4) is 0 Å². The Hall–Kier alpha value is -2.28. The number of hydrogen-bond donors (Lipinski definition) is 0. The first-order valence-electron chi connectivity index (χ1n) is 12.7. The summed E-state index contributed by atoms with van der Waals surface area (Å²) in [4.78, 5) is 23.1. The number of halogens is 1. The molecule has 0 aromatic heterocycles. The van der Waals surface area contributed by atoms with Crippen molar-refractivity contribution in [2.45, 2.75) is 58.4 Å². The number of benzene rings is 2. The van der Waals surface area contributed by atoms with Crippen molar-refractivity contribution in [3.05, 3.63) is 63.5 Å². The zero-order chi connectivity index (χ0) is 25.9. The Kier molecular flexibility index (Phi) is 8.48. The standard InChI is InChI=1S/C29H36ClN3O2S/c1-6-13-33-25-18-24(30)21(16-23(25)20(2)19-29(33,3)4)17-26-27(34)32(14-10-15-35-5)28(36-26)31-22-11-8-7-9-12-22/h7-9,11-12,16-18,20H,6,10,13-15,19H2,1-5H3/b26-17+,31-28?. The molecule has 1 fully saturated rings. The number of ether oxygens (including phenoxy) is 1. The fourth-order valence-electron chi connectivity index (χ4n) is 5.19. The minimum absolute atomic E-state index is 0.0404. The zero-order valence-corrected chi connectivity index (χ0v) is 23.5. The first kappa shape index (κ1) is 26.8. The molecule has 36 heavy (non-hydrogen) atoms. The molecule has 192 valence electrons. The number of anilines is 1. The van der Waals surface area contributed by atoms with Crippen molar-refractivity contribution in [3.8, 4) is 0 Å². The van der Waals surface area contributed by atoms with E-state index >= 15 is 0 Å². The van der Waals surface area contributed by atoms with Gasteiger partial charge in [-0.3, -0.25) is 9.69 Å². The number of para-hydroxylation sites is 1. The van der Waals surface area contributed by atoms with Crippen LogP contribution < -0.4 is 4.90 Å². The van der Waals surface area contributed by atoms with Gasteiger partial charge < -0.3 is 9.64 Å². The van der Waals surface area contributed by atoms with E-state index < -0.39 is 0 Å². The highest BCUT2D eigenvalue weighted by atomic mass is 35.5. The van der Waals surface area contributed by atoms with Crippen molar-refractivity contribution in [2.24, 2.45) is 4.99 Å². The topological polar surface area (TPSA) is 45.1 Å². The van der Waals surface area contributed by atoms with E-state index in [1.807, 2.05) is 36.4 Å². The first-order valence-corrected chi connectivity index (χ1v) is 13.9. The summed E-state index contributed by atoms with van der Waals surface area (Å²) in [5, 5.41) is 1.35. The van der Waals surface area contributed by atoms with E-state index in [0.29, 0.717) is 34.2 Å². The van der Waals surface area contributed by atoms with Gasteiger partial charge in [0.25, 0.3) is 5.91 Å². The monoisotopic (exact) mass is 525 g/mol. The quantitative estimate of drug-likeness (QED) is 0.264. The van der Waals surface area contributed by atoms with Gasteiger partial charge in [0.1, 0.15) is 0 Å². The largest absolute Gasteiger partial charge is 0.385 e. The highest BCUT2D eigenvalue weighted by Gasteiger charge is 2.37. The lowest BCUT2D eigenvalue weighted by atomic mass is 9.79. The van der Waals surface area contributed by atoms with Gasteiger partial charge in [-0.2, -0.15) is 0 Å². The number of rotatable bonds is 8. The van der Waals surface area contributed by atoms with Crippen LogP contribution in [0, 0.1) is 0 Å². The van der Waals surface area contributed by atoms with Crippen LogP contribution in [0.2, 0.25) is 5.02 Å². The lowest BCUT2D eigenvalue weighted by Gasteiger charge is -2.47. The molecule has 1 amide bonds. The molecule has 0 spiro atoms. The predicted octanol–water partition coefficient (Wildman–Crippen LogP) is 7.48. The Balaban J connectivity index is 1.70. The number of carbonyl (C=O) groups is 1. The summed E-state index contributed by atoms with van der Waals surface area (Å²) in [6, 6.07) is 14.0. The van der Waals surface area contributed by atoms with Crippen LogP contribution in [0.5, 0.6) is 0 Å². The molecular weight excluding hydrogens is 490 g/mol. The summed E-state index contributed by atoms with van der Waals surface area (Å²) in [7, 11) is 1.67. The molecule has 0 bridgehead atoms. The van der Waals surface area contributed by atoms with E-state index in [4.69, 9.17) is 21.3 Å². The van der Waals surface area contributed by atoms with Gasteiger partial charge in [0, 0.05) is 43.1 Å². The number of amidine groups is 1. The molecule has 2 aromatic rings. The minimum Gasteiger partial charge on any atom is -0.385 e. The summed E-state index contributed by atoms with van der Waals surface area (Å²) in [5.74, 6) is 0.367. The van der Waals surface area contributed by atoms with E-state index in [9.17, 15) is 4.79 Å². The van der Waals surface area contributed by atoms with Gasteiger partial charge in [-0.15, -0.1) is 0 Å². The highest BCUT2D eigenvalue weighted by molar-refractivity contribution is 8.18. The maximum atomic E-state index is 13.5. The van der Waals surface area contributed by atoms with E-state index in [1.54, 1.807) is 12.0 Å². The summed E-state index contributed by atoms with van der Waals surface area (Å²) in [6.07, 6.45) is 4.83. The van der Waals surface area contributed by atoms with E-state index in [2.05, 4.69) is 44.7 Å². The number of hydrogen-bond acceptors (Lipinski definition) is 5. The average molecular weight is 526 g/mol. The highest BCUT2D eigenvalue weighted by Crippen LogP contribution is 2.46. The van der Waals surface area contributed by atoms with Crippen LogP contribution in [-0.4, -0.2) is 48.3 Å². The van der Waals surface area contributed by atoms with Gasteiger partial charge >= 0.3 is 0 Å². The average Bonchev–Trinajstić information content (AvgIpc) is 3.12. The van der Waals surface area contributed by atoms with Crippen molar-refractivity contribution in [3.63, 3.8) is 0 Å². The van der Waals surface area contributed by atoms with Crippen molar-refractivity contribution < 1.29 is 9.53 Å². The lowest BCUT2D eigenvalue weighted by Crippen LogP contribution is -2.48. The number of aliphatic imine (C=N–C) groups is 1. The van der Waals surface area contributed by atoms with Crippen LogP contribution in [0.25, 0.3) is 6.08 Å². The fourth-order valence-corrected chi connectivity index (χ4v) is 6.42. The van der Waals surface area contributed by atoms with E-state index in [1.165, 1.54) is 23.0 Å². The van der Waals surface area contributed by atoms with Crippen molar-refractivity contribution in [2.75, 3.05) is 31.7 Å². The number of nitrogens with zero attached hydrogens (tertiary/aromatic N) is 3. The summed E-state index contributed by atoms with van der Waals surface area (Å²) in [5.41, 5.74) is 4.29. The van der Waals surface area contributed by atoms with Crippen molar-refractivity contribution in [1.82, 2.24) is 4.90 Å². The number of fused-ring (bicyclic) bond motifs is 1. The number of amides is 1. The van der Waals surface area contributed by atoms with Crippen molar-refractivity contribution >= 4 is 51.9 Å². The molecular formula is C29H36ClN3O2S. The second kappa shape index (κ2) is 11.4. The van der Waals surface area contributed by atoms with Gasteiger partial charge in [-0.1, -0.05) is 43.6 Å². The van der Waals surface area contributed by atoms with Gasteiger partial charge in [0.15, 0.2) is 5.17 Å². The Morgan fingerprint density at radius 1 is 1.22 bits per heavy atom. The summed E-state index contributed by atoms with van der Waals surface area (Å²) < 4.78 is 5.21. The molecule has 2 heterocycles. The summed E-state index contributed by atoms with van der Waals surface area (Å²) >= 11 is 8.25. The second-order valence-corrected chi connectivity index (χ2v) is 11.6. The molecule has 0 radical (unpaired) electrons. The Morgan fingerprint density at radius 2 is 1.97 bits per heavy atom.